The summed E-state index contributed by atoms with van der Waals surface area (Å²) in [7, 11) is 0. The van der Waals surface area contributed by atoms with Gasteiger partial charge in [-0.2, -0.15) is 18.2 Å². The molecule has 7 nitrogen and oxygen atoms in total. The van der Waals surface area contributed by atoms with Crippen LogP contribution >= 0.6 is 0 Å². The van der Waals surface area contributed by atoms with Crippen LogP contribution in [0, 0.1) is 5.92 Å². The molecule has 0 saturated carbocycles. The largest absolute Gasteiger partial charge is 0.455 e. The van der Waals surface area contributed by atoms with Gasteiger partial charge in [0.15, 0.2) is 0 Å². The first kappa shape index (κ1) is 17.6. The van der Waals surface area contributed by atoms with Gasteiger partial charge in [0, 0.05) is 24.0 Å². The van der Waals surface area contributed by atoms with Gasteiger partial charge in [-0.1, -0.05) is 0 Å². The third-order valence-electron chi connectivity index (χ3n) is 6.05. The van der Waals surface area contributed by atoms with Crippen LogP contribution in [-0.2, 0) is 11.0 Å². The summed E-state index contributed by atoms with van der Waals surface area (Å²) in [4.78, 5) is 19.2. The maximum atomic E-state index is 12.7. The van der Waals surface area contributed by atoms with Crippen LogP contribution in [0.15, 0.2) is 4.52 Å². The fraction of sp³-hybridized carbons (Fsp3) is 0.812. The van der Waals surface area contributed by atoms with Gasteiger partial charge in [0.25, 0.3) is 5.82 Å². The Hall–Kier alpha value is -1.84. The SMILES string of the molecule is NC(=O)C1CCN(C2C[C@H]3CC[C@@H](C2)N3c2nc(C(F)(F)F)no2)CC1. The van der Waals surface area contributed by atoms with Gasteiger partial charge >= 0.3 is 12.2 Å². The zero-order chi connectivity index (χ0) is 18.5. The molecular formula is C16H22F3N5O2. The fourth-order valence-electron chi connectivity index (χ4n) is 4.74. The molecule has 144 valence electrons. The van der Waals surface area contributed by atoms with Crippen LogP contribution in [-0.4, -0.2) is 52.2 Å². The standard InChI is InChI=1S/C16H22F3N5O2/c17-16(18,19)14-21-15(26-22-14)24-10-1-2-11(24)8-12(7-10)23-5-3-9(4-6-23)13(20)25/h9-12H,1-8H2,(H2,20,25)/t10-,11+,12?. The predicted molar refractivity (Wildman–Crippen MR) is 85.1 cm³/mol. The molecule has 4 rings (SSSR count). The highest BCUT2D eigenvalue weighted by Crippen LogP contribution is 2.41. The van der Waals surface area contributed by atoms with E-state index in [-0.39, 0.29) is 29.9 Å². The van der Waals surface area contributed by atoms with Crippen molar-refractivity contribution in [2.24, 2.45) is 11.7 Å². The van der Waals surface area contributed by atoms with Crippen molar-refractivity contribution < 1.29 is 22.5 Å². The second-order valence-corrected chi connectivity index (χ2v) is 7.53. The summed E-state index contributed by atoms with van der Waals surface area (Å²) in [6.45, 7) is 1.69. The first-order valence-corrected chi connectivity index (χ1v) is 9.05. The van der Waals surface area contributed by atoms with E-state index in [9.17, 15) is 18.0 Å². The molecule has 0 aliphatic carbocycles. The van der Waals surface area contributed by atoms with E-state index in [1.807, 2.05) is 4.90 Å². The summed E-state index contributed by atoms with van der Waals surface area (Å²) < 4.78 is 43.1. The molecular weight excluding hydrogens is 351 g/mol. The quantitative estimate of drug-likeness (QED) is 0.869. The lowest BCUT2D eigenvalue weighted by molar-refractivity contribution is -0.146. The molecule has 1 aromatic heterocycles. The first-order chi connectivity index (χ1) is 12.3. The highest BCUT2D eigenvalue weighted by Gasteiger charge is 2.46. The Bertz CT molecular complexity index is 657. The van der Waals surface area contributed by atoms with E-state index in [1.54, 1.807) is 0 Å². The average Bonchev–Trinajstić information content (AvgIpc) is 3.17. The van der Waals surface area contributed by atoms with E-state index in [2.05, 4.69) is 15.0 Å². The van der Waals surface area contributed by atoms with Crippen LogP contribution in [0.3, 0.4) is 0 Å². The van der Waals surface area contributed by atoms with Crippen LogP contribution in [0.4, 0.5) is 19.2 Å². The third-order valence-corrected chi connectivity index (χ3v) is 6.05. The van der Waals surface area contributed by atoms with Crippen molar-refractivity contribution in [3.8, 4) is 0 Å². The Morgan fingerprint density at radius 3 is 2.19 bits per heavy atom. The van der Waals surface area contributed by atoms with Gasteiger partial charge in [-0.15, -0.1) is 0 Å². The summed E-state index contributed by atoms with van der Waals surface area (Å²) in [5, 5.41) is 3.09. The van der Waals surface area contributed by atoms with E-state index < -0.39 is 12.0 Å². The molecule has 3 aliphatic rings. The van der Waals surface area contributed by atoms with Crippen molar-refractivity contribution in [1.29, 1.82) is 0 Å². The number of nitrogens with two attached hydrogens (primary N) is 1. The van der Waals surface area contributed by atoms with Crippen molar-refractivity contribution in [3.63, 3.8) is 0 Å². The molecule has 4 heterocycles. The van der Waals surface area contributed by atoms with Crippen molar-refractivity contribution in [2.75, 3.05) is 18.0 Å². The zero-order valence-electron chi connectivity index (χ0n) is 14.3. The number of amides is 1. The molecule has 3 saturated heterocycles. The number of nitrogens with zero attached hydrogens (tertiary/aromatic N) is 4. The number of fused-ring (bicyclic) bond motifs is 2. The number of carbonyl (C=O) groups excluding carboxylic acids is 1. The monoisotopic (exact) mass is 373 g/mol. The number of halogens is 3. The second kappa shape index (κ2) is 6.40. The highest BCUT2D eigenvalue weighted by atomic mass is 19.4. The Morgan fingerprint density at radius 1 is 1.08 bits per heavy atom. The van der Waals surface area contributed by atoms with Crippen molar-refractivity contribution >= 4 is 11.9 Å². The summed E-state index contributed by atoms with van der Waals surface area (Å²) >= 11 is 0. The summed E-state index contributed by atoms with van der Waals surface area (Å²) in [5.74, 6) is -1.49. The lowest BCUT2D eigenvalue weighted by Gasteiger charge is -2.44. The van der Waals surface area contributed by atoms with E-state index >= 15 is 0 Å². The number of anilines is 1. The molecule has 3 atom stereocenters. The smallest absolute Gasteiger partial charge is 0.369 e. The molecule has 2 N–H and O–H groups in total. The molecule has 0 spiro atoms. The molecule has 1 unspecified atom stereocenters. The number of likely N-dealkylation sites (tertiary alicyclic amines) is 1. The van der Waals surface area contributed by atoms with E-state index in [0.29, 0.717) is 6.04 Å². The number of hydrogen-bond acceptors (Lipinski definition) is 6. The maximum absolute atomic E-state index is 12.7. The summed E-state index contributed by atoms with van der Waals surface area (Å²) in [6, 6.07) is 0.599. The van der Waals surface area contributed by atoms with E-state index in [4.69, 9.17) is 10.3 Å². The summed E-state index contributed by atoms with van der Waals surface area (Å²) in [6.07, 6.45) is 0.533. The van der Waals surface area contributed by atoms with Crippen molar-refractivity contribution in [2.45, 2.75) is 62.8 Å². The van der Waals surface area contributed by atoms with Crippen molar-refractivity contribution in [3.05, 3.63) is 5.82 Å². The molecule has 3 aliphatic heterocycles. The molecule has 1 aromatic rings. The Kier molecular flexibility index (Phi) is 4.32. The van der Waals surface area contributed by atoms with Crippen LogP contribution in [0.5, 0.6) is 0 Å². The topological polar surface area (TPSA) is 88.5 Å². The lowest BCUT2D eigenvalue weighted by Crippen LogP contribution is -2.53. The van der Waals surface area contributed by atoms with Gasteiger partial charge in [0.2, 0.25) is 5.91 Å². The number of primary amides is 1. The Morgan fingerprint density at radius 2 is 1.69 bits per heavy atom. The van der Waals surface area contributed by atoms with E-state index in [0.717, 1.165) is 51.6 Å². The van der Waals surface area contributed by atoms with Crippen molar-refractivity contribution in [1.82, 2.24) is 15.0 Å². The maximum Gasteiger partial charge on any atom is 0.455 e. The normalized spacial score (nSPS) is 30.7. The molecule has 0 aromatic carbocycles. The minimum Gasteiger partial charge on any atom is -0.369 e. The molecule has 10 heteroatoms. The molecule has 3 fully saturated rings. The zero-order valence-corrected chi connectivity index (χ0v) is 14.3. The minimum atomic E-state index is -4.59. The molecule has 2 bridgehead atoms. The minimum absolute atomic E-state index is 0.0179. The summed E-state index contributed by atoms with van der Waals surface area (Å²) in [5.41, 5.74) is 5.39. The van der Waals surface area contributed by atoms with Crippen LogP contribution in [0.25, 0.3) is 0 Å². The molecule has 1 amide bonds. The van der Waals surface area contributed by atoms with Gasteiger partial charge in [0.05, 0.1) is 0 Å². The van der Waals surface area contributed by atoms with Gasteiger partial charge in [0.1, 0.15) is 0 Å². The fourth-order valence-corrected chi connectivity index (χ4v) is 4.74. The van der Waals surface area contributed by atoms with Crippen LogP contribution in [0.2, 0.25) is 0 Å². The number of carbonyl (C=O) groups is 1. The number of alkyl halides is 3. The number of piperidine rings is 2. The van der Waals surface area contributed by atoms with Gasteiger partial charge in [-0.25, -0.2) is 0 Å². The predicted octanol–water partition coefficient (Wildman–Crippen LogP) is 1.79. The Balaban J connectivity index is 1.42. The molecule has 0 radical (unpaired) electrons. The number of aromatic nitrogens is 2. The molecule has 26 heavy (non-hydrogen) atoms. The third kappa shape index (κ3) is 3.15. The number of rotatable bonds is 3. The van der Waals surface area contributed by atoms with Crippen LogP contribution < -0.4 is 10.6 Å². The Labute approximate surface area is 148 Å². The van der Waals surface area contributed by atoms with Gasteiger partial charge in [-0.05, 0) is 56.8 Å². The lowest BCUT2D eigenvalue weighted by atomic mass is 9.91. The van der Waals surface area contributed by atoms with Gasteiger partial charge < -0.3 is 20.1 Å². The van der Waals surface area contributed by atoms with Crippen LogP contribution in [0.1, 0.15) is 44.3 Å². The highest BCUT2D eigenvalue weighted by molar-refractivity contribution is 5.76. The van der Waals surface area contributed by atoms with Gasteiger partial charge in [-0.3, -0.25) is 4.79 Å². The number of hydrogen-bond donors (Lipinski definition) is 1. The average molecular weight is 373 g/mol. The van der Waals surface area contributed by atoms with E-state index in [1.165, 1.54) is 0 Å². The first-order valence-electron chi connectivity index (χ1n) is 9.05. The second-order valence-electron chi connectivity index (χ2n) is 7.53.